The molecule has 1 saturated heterocycles. The first kappa shape index (κ1) is 15.5. The monoisotopic (exact) mass is 328 g/mol. The summed E-state index contributed by atoms with van der Waals surface area (Å²) in [5.74, 6) is 1.02. The number of piperazine rings is 1. The van der Waals surface area contributed by atoms with Gasteiger partial charge in [-0.25, -0.2) is 0 Å². The number of rotatable bonds is 4. The lowest BCUT2D eigenvalue weighted by molar-refractivity contribution is 0.221. The van der Waals surface area contributed by atoms with Gasteiger partial charge in [0.25, 0.3) is 0 Å². The van der Waals surface area contributed by atoms with E-state index in [1.165, 1.54) is 87.0 Å². The van der Waals surface area contributed by atoms with Crippen molar-refractivity contribution < 1.29 is 0 Å². The van der Waals surface area contributed by atoms with Crippen molar-refractivity contribution in [3.63, 3.8) is 0 Å². The number of hydrogen-bond acceptors (Lipinski definition) is 3. The van der Waals surface area contributed by atoms with E-state index in [1.807, 2.05) is 11.3 Å². The van der Waals surface area contributed by atoms with E-state index in [0.717, 1.165) is 5.92 Å². The Morgan fingerprint density at radius 1 is 0.957 bits per heavy atom. The number of anilines is 1. The molecule has 2 fully saturated rings. The zero-order valence-electron chi connectivity index (χ0n) is 14.0. The minimum absolute atomic E-state index is 1.02. The molecule has 0 radical (unpaired) electrons. The minimum Gasteiger partial charge on any atom is -0.368 e. The summed E-state index contributed by atoms with van der Waals surface area (Å²) < 4.78 is 1.46. The van der Waals surface area contributed by atoms with Gasteiger partial charge in [-0.3, -0.25) is 4.90 Å². The second-order valence-electron chi connectivity index (χ2n) is 7.24. The van der Waals surface area contributed by atoms with Crippen molar-refractivity contribution in [3.05, 3.63) is 29.6 Å². The van der Waals surface area contributed by atoms with Crippen LogP contribution in [0.5, 0.6) is 0 Å². The van der Waals surface area contributed by atoms with E-state index in [2.05, 4.69) is 39.4 Å². The quantitative estimate of drug-likeness (QED) is 0.780. The number of fused-ring (bicyclic) bond motifs is 1. The maximum Gasteiger partial charge on any atom is 0.0576 e. The fourth-order valence-corrected chi connectivity index (χ4v) is 5.22. The van der Waals surface area contributed by atoms with Gasteiger partial charge in [0, 0.05) is 26.2 Å². The summed E-state index contributed by atoms with van der Waals surface area (Å²) >= 11 is 1.88. The van der Waals surface area contributed by atoms with Crippen molar-refractivity contribution in [2.24, 2.45) is 5.92 Å². The summed E-state index contributed by atoms with van der Waals surface area (Å²) in [5, 5.41) is 3.61. The molecule has 3 heteroatoms. The molecule has 0 unspecified atom stereocenters. The molecule has 23 heavy (non-hydrogen) atoms. The Bertz CT molecular complexity index is 621. The Kier molecular flexibility index (Phi) is 4.86. The van der Waals surface area contributed by atoms with Crippen molar-refractivity contribution in [3.8, 4) is 0 Å². The van der Waals surface area contributed by atoms with Crippen molar-refractivity contribution in [1.29, 1.82) is 0 Å². The van der Waals surface area contributed by atoms with Crippen LogP contribution in [0.4, 0.5) is 5.69 Å². The maximum atomic E-state index is 2.69. The largest absolute Gasteiger partial charge is 0.368 e. The zero-order valence-corrected chi connectivity index (χ0v) is 14.9. The van der Waals surface area contributed by atoms with Crippen LogP contribution in [-0.4, -0.2) is 37.6 Å². The van der Waals surface area contributed by atoms with E-state index < -0.39 is 0 Å². The number of thiophene rings is 1. The lowest BCUT2D eigenvalue weighted by Gasteiger charge is -2.37. The molecular weight excluding hydrogens is 300 g/mol. The first-order valence-electron chi connectivity index (χ1n) is 9.34. The molecule has 2 aromatic rings. The van der Waals surface area contributed by atoms with Gasteiger partial charge in [0.15, 0.2) is 0 Å². The molecule has 1 saturated carbocycles. The molecule has 0 bridgehead atoms. The fourth-order valence-electron chi connectivity index (χ4n) is 4.28. The molecule has 1 aromatic heterocycles. The maximum absolute atomic E-state index is 2.69. The van der Waals surface area contributed by atoms with Crippen molar-refractivity contribution >= 4 is 27.1 Å². The van der Waals surface area contributed by atoms with Crippen LogP contribution in [0.1, 0.15) is 38.5 Å². The molecule has 1 aliphatic heterocycles. The molecule has 4 rings (SSSR count). The predicted octanol–water partition coefficient (Wildman–Crippen LogP) is 4.99. The highest BCUT2D eigenvalue weighted by atomic mass is 32.1. The van der Waals surface area contributed by atoms with E-state index in [4.69, 9.17) is 0 Å². The van der Waals surface area contributed by atoms with Gasteiger partial charge in [-0.1, -0.05) is 44.2 Å². The SMILES string of the molecule is c1cc(N2CCN(CCC3CCCCC3)CC2)c2sccc2c1. The molecule has 0 atom stereocenters. The van der Waals surface area contributed by atoms with E-state index in [1.54, 1.807) is 0 Å². The average Bonchev–Trinajstić information content (AvgIpc) is 3.10. The normalized spacial score (nSPS) is 21.1. The molecule has 0 amide bonds. The first-order valence-corrected chi connectivity index (χ1v) is 10.2. The smallest absolute Gasteiger partial charge is 0.0576 e. The molecule has 2 nitrogen and oxygen atoms in total. The van der Waals surface area contributed by atoms with E-state index in [9.17, 15) is 0 Å². The lowest BCUT2D eigenvalue weighted by atomic mass is 9.87. The Morgan fingerprint density at radius 2 is 1.78 bits per heavy atom. The van der Waals surface area contributed by atoms with Gasteiger partial charge < -0.3 is 4.90 Å². The summed E-state index contributed by atoms with van der Waals surface area (Å²) in [6.45, 7) is 6.15. The van der Waals surface area contributed by atoms with Crippen LogP contribution in [0.2, 0.25) is 0 Å². The zero-order chi connectivity index (χ0) is 15.5. The van der Waals surface area contributed by atoms with Crippen LogP contribution in [0, 0.1) is 5.92 Å². The van der Waals surface area contributed by atoms with E-state index >= 15 is 0 Å². The van der Waals surface area contributed by atoms with Crippen LogP contribution in [-0.2, 0) is 0 Å². The standard InChI is InChI=1S/C20H28N2S/c1-2-5-17(6-3-1)9-11-21-12-14-22(15-13-21)19-8-4-7-18-10-16-23-20(18)19/h4,7-8,10,16-17H,1-3,5-6,9,11-15H2. The second kappa shape index (κ2) is 7.23. The Hall–Kier alpha value is -1.06. The van der Waals surface area contributed by atoms with Gasteiger partial charge in [-0.2, -0.15) is 0 Å². The third-order valence-corrected chi connectivity index (χ3v) is 6.70. The average molecular weight is 329 g/mol. The predicted molar refractivity (Wildman–Crippen MR) is 102 cm³/mol. The molecule has 1 aliphatic carbocycles. The van der Waals surface area contributed by atoms with Gasteiger partial charge in [0.05, 0.1) is 10.4 Å². The highest BCUT2D eigenvalue weighted by Crippen LogP contribution is 2.32. The topological polar surface area (TPSA) is 6.48 Å². The van der Waals surface area contributed by atoms with Gasteiger partial charge >= 0.3 is 0 Å². The van der Waals surface area contributed by atoms with Gasteiger partial charge in [-0.15, -0.1) is 11.3 Å². The minimum atomic E-state index is 1.02. The molecule has 2 aliphatic rings. The van der Waals surface area contributed by atoms with Gasteiger partial charge in [0.2, 0.25) is 0 Å². The van der Waals surface area contributed by atoms with E-state index in [-0.39, 0.29) is 0 Å². The second-order valence-corrected chi connectivity index (χ2v) is 8.15. The summed E-state index contributed by atoms with van der Waals surface area (Å²) in [5.41, 5.74) is 1.45. The third kappa shape index (κ3) is 3.56. The van der Waals surface area contributed by atoms with Crippen molar-refractivity contribution in [1.82, 2.24) is 4.90 Å². The van der Waals surface area contributed by atoms with Crippen molar-refractivity contribution in [2.75, 3.05) is 37.6 Å². The molecule has 0 N–H and O–H groups in total. The van der Waals surface area contributed by atoms with Crippen LogP contribution < -0.4 is 4.90 Å². The van der Waals surface area contributed by atoms with Crippen LogP contribution in [0.15, 0.2) is 29.6 Å². The summed E-state index contributed by atoms with van der Waals surface area (Å²) in [4.78, 5) is 5.29. The fraction of sp³-hybridized carbons (Fsp3) is 0.600. The summed E-state index contributed by atoms with van der Waals surface area (Å²) in [6, 6.07) is 8.98. The summed E-state index contributed by atoms with van der Waals surface area (Å²) in [7, 11) is 0. The van der Waals surface area contributed by atoms with Crippen molar-refractivity contribution in [2.45, 2.75) is 38.5 Å². The highest BCUT2D eigenvalue weighted by Gasteiger charge is 2.20. The first-order chi connectivity index (χ1) is 11.4. The number of benzene rings is 1. The number of nitrogens with zero attached hydrogens (tertiary/aromatic N) is 2. The molecule has 1 aromatic carbocycles. The highest BCUT2D eigenvalue weighted by molar-refractivity contribution is 7.17. The van der Waals surface area contributed by atoms with Crippen LogP contribution in [0.3, 0.4) is 0 Å². The van der Waals surface area contributed by atoms with Gasteiger partial charge in [0.1, 0.15) is 0 Å². The van der Waals surface area contributed by atoms with Crippen LogP contribution >= 0.6 is 11.3 Å². The van der Waals surface area contributed by atoms with Crippen LogP contribution in [0.25, 0.3) is 10.1 Å². The summed E-state index contributed by atoms with van der Waals surface area (Å²) in [6.07, 6.45) is 8.83. The molecular formula is C20H28N2S. The molecule has 124 valence electrons. The molecule has 0 spiro atoms. The van der Waals surface area contributed by atoms with E-state index in [0.29, 0.717) is 0 Å². The lowest BCUT2D eigenvalue weighted by Crippen LogP contribution is -2.46. The van der Waals surface area contributed by atoms with Gasteiger partial charge in [-0.05, 0) is 41.8 Å². The molecule has 2 heterocycles. The Balaban J connectivity index is 1.31. The third-order valence-electron chi connectivity index (χ3n) is 5.75. The Labute approximate surface area is 144 Å². The Morgan fingerprint density at radius 3 is 2.61 bits per heavy atom. The number of hydrogen-bond donors (Lipinski definition) is 0.